The number of nitrogens with one attached hydrogen (secondary N) is 1. The first-order chi connectivity index (χ1) is 13.4. The number of rotatable bonds is 6. The highest BCUT2D eigenvalue weighted by Crippen LogP contribution is 2.24. The molecule has 0 amide bonds. The largest absolute Gasteiger partial charge is 0.497 e. The highest BCUT2D eigenvalue weighted by Gasteiger charge is 2.30. The first-order valence-corrected chi connectivity index (χ1v) is 11.6. The Bertz CT molecular complexity index is 717. The average molecular weight is 412 g/mol. The van der Waals surface area contributed by atoms with E-state index in [0.717, 1.165) is 32.6 Å². The van der Waals surface area contributed by atoms with E-state index in [1.54, 1.807) is 19.2 Å². The van der Waals surface area contributed by atoms with Crippen LogP contribution in [0.2, 0.25) is 0 Å². The van der Waals surface area contributed by atoms with Crippen molar-refractivity contribution < 1.29 is 18.3 Å². The Morgan fingerprint density at radius 2 is 1.71 bits per heavy atom. The predicted octanol–water partition coefficient (Wildman–Crippen LogP) is 1.14. The third kappa shape index (κ3) is 5.45. The molecule has 0 aromatic heterocycles. The Hall–Kier alpha value is -1.19. The van der Waals surface area contributed by atoms with E-state index < -0.39 is 16.1 Å². The van der Waals surface area contributed by atoms with Gasteiger partial charge in [-0.3, -0.25) is 0 Å². The fourth-order valence-electron chi connectivity index (χ4n) is 4.19. The van der Waals surface area contributed by atoms with Gasteiger partial charge in [0.1, 0.15) is 5.75 Å². The maximum atomic E-state index is 12.6. The fourth-order valence-corrected chi connectivity index (χ4v) is 5.28. The van der Waals surface area contributed by atoms with Crippen molar-refractivity contribution in [3.05, 3.63) is 24.3 Å². The van der Waals surface area contributed by atoms with Crippen LogP contribution in [0.5, 0.6) is 5.75 Å². The molecule has 2 heterocycles. The molecule has 2 saturated heterocycles. The number of likely N-dealkylation sites (tertiary alicyclic amines) is 2. The maximum Gasteiger partial charge on any atom is 0.240 e. The summed E-state index contributed by atoms with van der Waals surface area (Å²) in [7, 11) is 0.110. The van der Waals surface area contributed by atoms with Gasteiger partial charge in [-0.05, 0) is 82.5 Å². The van der Waals surface area contributed by atoms with E-state index in [1.807, 2.05) is 0 Å². The highest BCUT2D eigenvalue weighted by molar-refractivity contribution is 7.89. The van der Waals surface area contributed by atoms with Gasteiger partial charge in [0.05, 0.1) is 18.1 Å². The molecule has 0 radical (unpaired) electrons. The highest BCUT2D eigenvalue weighted by atomic mass is 32.2. The second-order valence-corrected chi connectivity index (χ2v) is 9.77. The van der Waals surface area contributed by atoms with Gasteiger partial charge in [0.2, 0.25) is 10.0 Å². The van der Waals surface area contributed by atoms with Gasteiger partial charge in [-0.1, -0.05) is 0 Å². The fraction of sp³-hybridized carbons (Fsp3) is 0.700. The molecule has 158 valence electrons. The Kier molecular flexibility index (Phi) is 7.33. The molecule has 28 heavy (non-hydrogen) atoms. The molecule has 2 N–H and O–H groups in total. The molecule has 0 aliphatic carbocycles. The van der Waals surface area contributed by atoms with Crippen molar-refractivity contribution in [2.45, 2.75) is 42.7 Å². The molecule has 0 spiro atoms. The lowest BCUT2D eigenvalue weighted by Gasteiger charge is -2.36. The molecule has 0 saturated carbocycles. The minimum Gasteiger partial charge on any atom is -0.497 e. The summed E-state index contributed by atoms with van der Waals surface area (Å²) < 4.78 is 32.9. The summed E-state index contributed by atoms with van der Waals surface area (Å²) in [5, 5.41) is 10.6. The van der Waals surface area contributed by atoms with Crippen molar-refractivity contribution >= 4 is 10.0 Å². The van der Waals surface area contributed by atoms with Gasteiger partial charge in [-0.25, -0.2) is 13.1 Å². The van der Waals surface area contributed by atoms with E-state index in [-0.39, 0.29) is 17.4 Å². The van der Waals surface area contributed by atoms with E-state index in [9.17, 15) is 13.5 Å². The van der Waals surface area contributed by atoms with Crippen molar-refractivity contribution in [1.82, 2.24) is 14.5 Å². The summed E-state index contributed by atoms with van der Waals surface area (Å²) in [4.78, 5) is 5.07. The van der Waals surface area contributed by atoms with Crippen molar-refractivity contribution in [2.75, 3.05) is 46.9 Å². The smallest absolute Gasteiger partial charge is 0.240 e. The zero-order valence-electron chi connectivity index (χ0n) is 16.9. The molecule has 1 aromatic rings. The Morgan fingerprint density at radius 1 is 1.07 bits per heavy atom. The number of methoxy groups -OCH3 is 1. The van der Waals surface area contributed by atoms with Crippen LogP contribution in [0.3, 0.4) is 0 Å². The van der Waals surface area contributed by atoms with Crippen LogP contribution < -0.4 is 9.46 Å². The van der Waals surface area contributed by atoms with E-state index in [1.165, 1.54) is 25.0 Å². The predicted molar refractivity (Wildman–Crippen MR) is 109 cm³/mol. The molecule has 2 aliphatic heterocycles. The third-order valence-electron chi connectivity index (χ3n) is 6.15. The van der Waals surface area contributed by atoms with Crippen LogP contribution in [0.4, 0.5) is 0 Å². The minimum absolute atomic E-state index is 0.0655. The van der Waals surface area contributed by atoms with E-state index in [2.05, 4.69) is 21.6 Å². The normalized spacial score (nSPS) is 26.1. The second-order valence-electron chi connectivity index (χ2n) is 8.00. The maximum absolute atomic E-state index is 12.6. The van der Waals surface area contributed by atoms with Gasteiger partial charge in [0.15, 0.2) is 0 Å². The van der Waals surface area contributed by atoms with E-state index >= 15 is 0 Å². The van der Waals surface area contributed by atoms with Gasteiger partial charge in [-0.15, -0.1) is 0 Å². The van der Waals surface area contributed by atoms with Gasteiger partial charge in [0.25, 0.3) is 0 Å². The van der Waals surface area contributed by atoms with Crippen LogP contribution in [0.15, 0.2) is 29.2 Å². The topological polar surface area (TPSA) is 82.1 Å². The van der Waals surface area contributed by atoms with Crippen molar-refractivity contribution in [2.24, 2.45) is 5.92 Å². The molecule has 8 heteroatoms. The number of aliphatic hydroxyl groups excluding tert-OH is 1. The lowest BCUT2D eigenvalue weighted by atomic mass is 9.98. The van der Waals surface area contributed by atoms with Crippen molar-refractivity contribution in [3.63, 3.8) is 0 Å². The molecule has 0 unspecified atom stereocenters. The molecule has 7 nitrogen and oxygen atoms in total. The summed E-state index contributed by atoms with van der Waals surface area (Å²) in [6, 6.07) is 6.92. The summed E-state index contributed by atoms with van der Waals surface area (Å²) in [5.41, 5.74) is 0. The summed E-state index contributed by atoms with van der Waals surface area (Å²) in [6.07, 6.45) is 3.36. The number of benzene rings is 1. The molecule has 2 fully saturated rings. The average Bonchev–Trinajstić information content (AvgIpc) is 2.89. The van der Waals surface area contributed by atoms with E-state index in [4.69, 9.17) is 4.74 Å². The van der Waals surface area contributed by atoms with Crippen LogP contribution in [-0.2, 0) is 10.0 Å². The van der Waals surface area contributed by atoms with Crippen molar-refractivity contribution in [3.8, 4) is 5.75 Å². The zero-order chi connectivity index (χ0) is 20.1. The van der Waals surface area contributed by atoms with Gasteiger partial charge in [-0.2, -0.15) is 0 Å². The van der Waals surface area contributed by atoms with Crippen LogP contribution in [0, 0.1) is 5.92 Å². The van der Waals surface area contributed by atoms with Crippen LogP contribution in [-0.4, -0.2) is 82.4 Å². The van der Waals surface area contributed by atoms with Crippen LogP contribution in [0.25, 0.3) is 0 Å². The molecular formula is C20H33N3O4S. The minimum atomic E-state index is -3.60. The number of aliphatic hydroxyl groups is 1. The second kappa shape index (κ2) is 9.54. The Labute approximate surface area is 168 Å². The summed E-state index contributed by atoms with van der Waals surface area (Å²) in [5.74, 6) is 0.552. The van der Waals surface area contributed by atoms with Crippen LogP contribution >= 0.6 is 0 Å². The SMILES string of the molecule is COc1ccc(S(=O)(=O)NC[C@H]2CCN(C3CCN(C)CC3)CC[C@H]2O)cc1. The third-order valence-corrected chi connectivity index (χ3v) is 7.59. The van der Waals surface area contributed by atoms with Crippen molar-refractivity contribution in [1.29, 1.82) is 0 Å². The number of piperidine rings is 1. The molecule has 1 aromatic carbocycles. The number of ether oxygens (including phenoxy) is 1. The first-order valence-electron chi connectivity index (χ1n) is 10.1. The monoisotopic (exact) mass is 411 g/mol. The summed E-state index contributed by atoms with van der Waals surface area (Å²) in [6.45, 7) is 4.30. The van der Waals surface area contributed by atoms with Crippen LogP contribution in [0.1, 0.15) is 25.7 Å². The zero-order valence-corrected chi connectivity index (χ0v) is 17.7. The number of hydrogen-bond donors (Lipinski definition) is 2. The number of sulfonamides is 1. The molecule has 2 atom stereocenters. The molecule has 3 rings (SSSR count). The molecule has 0 bridgehead atoms. The number of nitrogens with zero attached hydrogens (tertiary/aromatic N) is 2. The Balaban J connectivity index is 1.55. The number of hydrogen-bond acceptors (Lipinski definition) is 6. The first kappa shape index (κ1) is 21.5. The van der Waals surface area contributed by atoms with Gasteiger partial charge >= 0.3 is 0 Å². The van der Waals surface area contributed by atoms with Gasteiger partial charge in [0, 0.05) is 19.1 Å². The van der Waals surface area contributed by atoms with E-state index in [0.29, 0.717) is 18.2 Å². The molecular weight excluding hydrogens is 378 g/mol. The molecule has 2 aliphatic rings. The lowest BCUT2D eigenvalue weighted by Crippen LogP contribution is -2.44. The Morgan fingerprint density at radius 3 is 2.36 bits per heavy atom. The lowest BCUT2D eigenvalue weighted by molar-refractivity contribution is 0.0997. The standard InChI is InChI=1S/C20H33N3O4S/c1-22-11-8-17(9-12-22)23-13-7-16(20(24)10-14-23)15-21-28(25,26)19-5-3-18(27-2)4-6-19/h3-6,16-17,20-21,24H,7-15H2,1-2H3/t16-,20-/m1/s1. The van der Waals surface area contributed by atoms with Gasteiger partial charge < -0.3 is 19.6 Å². The quantitative estimate of drug-likeness (QED) is 0.731. The summed E-state index contributed by atoms with van der Waals surface area (Å²) >= 11 is 0.